The molecule has 0 spiro atoms. The van der Waals surface area contributed by atoms with Crippen LogP contribution in [0.5, 0.6) is 5.75 Å². The average Bonchev–Trinajstić information content (AvgIpc) is 2.73. The van der Waals surface area contributed by atoms with Crippen molar-refractivity contribution in [3.05, 3.63) is 27.2 Å². The van der Waals surface area contributed by atoms with Gasteiger partial charge in [0, 0.05) is 33.5 Å². The highest BCUT2D eigenvalue weighted by molar-refractivity contribution is 9.10. The molecule has 98 valence electrons. The highest BCUT2D eigenvalue weighted by atomic mass is 79.9. The van der Waals surface area contributed by atoms with E-state index in [0.717, 1.165) is 24.5 Å². The number of benzene rings is 1. The Labute approximate surface area is 121 Å². The van der Waals surface area contributed by atoms with E-state index in [4.69, 9.17) is 4.74 Å². The molecule has 1 aromatic carbocycles. The Morgan fingerprint density at radius 2 is 2.33 bits per heavy atom. The van der Waals surface area contributed by atoms with Gasteiger partial charge in [0.1, 0.15) is 5.75 Å². The third-order valence-corrected chi connectivity index (χ3v) is 5.72. The summed E-state index contributed by atoms with van der Waals surface area (Å²) in [5.41, 5.74) is 4.19. The maximum atomic E-state index is 5.87. The number of nitrogens with one attached hydrogen (secondary N) is 1. The Morgan fingerprint density at radius 3 is 3.11 bits per heavy atom. The van der Waals surface area contributed by atoms with Crippen LogP contribution in [0, 0.1) is 0 Å². The zero-order chi connectivity index (χ0) is 12.7. The van der Waals surface area contributed by atoms with E-state index in [0.29, 0.717) is 11.3 Å². The highest BCUT2D eigenvalue weighted by Crippen LogP contribution is 2.45. The number of ether oxygens (including phenoxy) is 1. The van der Waals surface area contributed by atoms with E-state index < -0.39 is 0 Å². The van der Waals surface area contributed by atoms with Crippen molar-refractivity contribution in [2.24, 2.45) is 0 Å². The van der Waals surface area contributed by atoms with Gasteiger partial charge in [-0.1, -0.05) is 22.9 Å². The monoisotopic (exact) mass is 327 g/mol. The predicted octanol–water partition coefficient (Wildman–Crippen LogP) is 3.67. The van der Waals surface area contributed by atoms with Gasteiger partial charge in [0.2, 0.25) is 0 Å². The van der Waals surface area contributed by atoms with Crippen molar-refractivity contribution in [2.45, 2.75) is 36.8 Å². The minimum atomic E-state index is 0.425. The van der Waals surface area contributed by atoms with Crippen LogP contribution in [-0.4, -0.2) is 18.9 Å². The summed E-state index contributed by atoms with van der Waals surface area (Å²) in [6, 6.07) is 2.68. The van der Waals surface area contributed by atoms with Crippen LogP contribution in [0.3, 0.4) is 0 Å². The van der Waals surface area contributed by atoms with Crippen LogP contribution in [0.25, 0.3) is 0 Å². The molecule has 2 aliphatic heterocycles. The minimum absolute atomic E-state index is 0.425. The lowest BCUT2D eigenvalue weighted by atomic mass is 9.95. The normalized spacial score (nSPS) is 26.2. The molecular weight excluding hydrogens is 310 g/mol. The van der Waals surface area contributed by atoms with Crippen LogP contribution in [0.15, 0.2) is 10.5 Å². The zero-order valence-electron chi connectivity index (χ0n) is 10.8. The quantitative estimate of drug-likeness (QED) is 0.850. The standard InChI is InChI=1S/C14H18BrNOS/c1-8-5-12(16-2)13-10(7-18-8)14-9(3-4-17-14)6-11(13)15/h6,8,12,16H,3-5,7H2,1-2H3. The van der Waals surface area contributed by atoms with E-state index in [1.54, 1.807) is 0 Å². The lowest BCUT2D eigenvalue weighted by Crippen LogP contribution is -2.20. The fourth-order valence-electron chi connectivity index (χ4n) is 2.91. The van der Waals surface area contributed by atoms with Crippen molar-refractivity contribution < 1.29 is 4.74 Å². The molecule has 0 aliphatic carbocycles. The maximum Gasteiger partial charge on any atom is 0.127 e. The van der Waals surface area contributed by atoms with Crippen molar-refractivity contribution in [3.63, 3.8) is 0 Å². The van der Waals surface area contributed by atoms with Gasteiger partial charge in [-0.2, -0.15) is 11.8 Å². The van der Waals surface area contributed by atoms with Crippen LogP contribution in [0.2, 0.25) is 0 Å². The van der Waals surface area contributed by atoms with Crippen molar-refractivity contribution >= 4 is 27.7 Å². The van der Waals surface area contributed by atoms with Gasteiger partial charge in [0.05, 0.1) is 6.61 Å². The van der Waals surface area contributed by atoms with E-state index >= 15 is 0 Å². The molecule has 1 N–H and O–H groups in total. The van der Waals surface area contributed by atoms with Crippen molar-refractivity contribution in [3.8, 4) is 5.75 Å². The van der Waals surface area contributed by atoms with Crippen molar-refractivity contribution in [1.82, 2.24) is 5.32 Å². The van der Waals surface area contributed by atoms with Gasteiger partial charge in [0.25, 0.3) is 0 Å². The van der Waals surface area contributed by atoms with E-state index in [9.17, 15) is 0 Å². The lowest BCUT2D eigenvalue weighted by Gasteiger charge is -2.21. The van der Waals surface area contributed by atoms with Gasteiger partial charge in [-0.05, 0) is 30.7 Å². The zero-order valence-corrected chi connectivity index (χ0v) is 13.2. The minimum Gasteiger partial charge on any atom is -0.493 e. The van der Waals surface area contributed by atoms with Gasteiger partial charge >= 0.3 is 0 Å². The molecule has 0 amide bonds. The number of rotatable bonds is 1. The largest absolute Gasteiger partial charge is 0.493 e. The van der Waals surface area contributed by atoms with E-state index in [1.807, 2.05) is 11.8 Å². The molecule has 2 heterocycles. The van der Waals surface area contributed by atoms with Crippen LogP contribution in [0.4, 0.5) is 0 Å². The first-order chi connectivity index (χ1) is 8.70. The summed E-state index contributed by atoms with van der Waals surface area (Å²) in [5.74, 6) is 2.23. The SMILES string of the molecule is CNC1CC(C)SCc2c3c(cc(Br)c21)CCO3. The Morgan fingerprint density at radius 1 is 1.50 bits per heavy atom. The molecule has 0 fully saturated rings. The predicted molar refractivity (Wildman–Crippen MR) is 80.5 cm³/mol. The highest BCUT2D eigenvalue weighted by Gasteiger charge is 2.29. The van der Waals surface area contributed by atoms with Gasteiger partial charge in [-0.3, -0.25) is 0 Å². The van der Waals surface area contributed by atoms with Crippen molar-refractivity contribution in [2.75, 3.05) is 13.7 Å². The lowest BCUT2D eigenvalue weighted by molar-refractivity contribution is 0.353. The number of fused-ring (bicyclic) bond motifs is 3. The summed E-state index contributed by atoms with van der Waals surface area (Å²) >= 11 is 5.80. The number of hydrogen-bond acceptors (Lipinski definition) is 3. The summed E-state index contributed by atoms with van der Waals surface area (Å²) in [7, 11) is 2.05. The molecule has 2 unspecified atom stereocenters. The second-order valence-electron chi connectivity index (χ2n) is 5.04. The van der Waals surface area contributed by atoms with E-state index in [1.165, 1.54) is 27.6 Å². The van der Waals surface area contributed by atoms with E-state index in [-0.39, 0.29) is 0 Å². The molecule has 2 nitrogen and oxygen atoms in total. The summed E-state index contributed by atoms with van der Waals surface area (Å²) in [6.07, 6.45) is 2.22. The molecule has 18 heavy (non-hydrogen) atoms. The Balaban J connectivity index is 2.15. The molecule has 0 aromatic heterocycles. The number of hydrogen-bond donors (Lipinski definition) is 1. The maximum absolute atomic E-state index is 5.87. The van der Waals surface area contributed by atoms with Gasteiger partial charge in [-0.15, -0.1) is 0 Å². The Bertz CT molecular complexity index is 477. The fraction of sp³-hybridized carbons (Fsp3) is 0.571. The van der Waals surface area contributed by atoms with Crippen LogP contribution in [-0.2, 0) is 12.2 Å². The molecule has 2 atom stereocenters. The molecule has 3 rings (SSSR count). The first-order valence-electron chi connectivity index (χ1n) is 6.46. The average molecular weight is 328 g/mol. The first kappa shape index (κ1) is 12.8. The summed E-state index contributed by atoms with van der Waals surface area (Å²) in [5, 5.41) is 4.14. The number of thioether (sulfide) groups is 1. The smallest absolute Gasteiger partial charge is 0.127 e. The second-order valence-corrected chi connectivity index (χ2v) is 7.32. The fourth-order valence-corrected chi connectivity index (χ4v) is 4.77. The summed E-state index contributed by atoms with van der Waals surface area (Å²) in [6.45, 7) is 3.15. The molecule has 0 saturated heterocycles. The Kier molecular flexibility index (Phi) is 3.61. The molecule has 4 heteroatoms. The molecule has 2 aliphatic rings. The Hall–Kier alpha value is -0.190. The van der Waals surface area contributed by atoms with E-state index in [2.05, 4.69) is 41.3 Å². The second kappa shape index (κ2) is 5.06. The molecule has 1 aromatic rings. The molecule has 0 saturated carbocycles. The van der Waals surface area contributed by atoms with Gasteiger partial charge < -0.3 is 10.1 Å². The third kappa shape index (κ3) is 2.08. The van der Waals surface area contributed by atoms with Crippen LogP contribution < -0.4 is 10.1 Å². The molecule has 0 bridgehead atoms. The topological polar surface area (TPSA) is 21.3 Å². The number of halogens is 1. The van der Waals surface area contributed by atoms with Crippen molar-refractivity contribution in [1.29, 1.82) is 0 Å². The first-order valence-corrected chi connectivity index (χ1v) is 8.30. The summed E-state index contributed by atoms with van der Waals surface area (Å²) in [4.78, 5) is 0. The summed E-state index contributed by atoms with van der Waals surface area (Å²) < 4.78 is 7.12. The van der Waals surface area contributed by atoms with Crippen LogP contribution >= 0.6 is 27.7 Å². The molecule has 0 radical (unpaired) electrons. The van der Waals surface area contributed by atoms with Gasteiger partial charge in [-0.25, -0.2) is 0 Å². The third-order valence-electron chi connectivity index (χ3n) is 3.84. The van der Waals surface area contributed by atoms with Gasteiger partial charge in [0.15, 0.2) is 0 Å². The molecular formula is C14H18BrNOS. The van der Waals surface area contributed by atoms with Crippen LogP contribution in [0.1, 0.15) is 36.1 Å².